The van der Waals surface area contributed by atoms with Crippen LogP contribution in [0.1, 0.15) is 35.2 Å². The molecule has 0 bridgehead atoms. The summed E-state index contributed by atoms with van der Waals surface area (Å²) in [5.74, 6) is -0.750. The number of likely N-dealkylation sites (tertiary alicyclic amines) is 1. The number of benzene rings is 1. The molecule has 1 aliphatic heterocycles. The van der Waals surface area contributed by atoms with Gasteiger partial charge in [-0.15, -0.1) is 0 Å². The summed E-state index contributed by atoms with van der Waals surface area (Å²) < 4.78 is 0.942. The van der Waals surface area contributed by atoms with Gasteiger partial charge in [0.25, 0.3) is 5.91 Å². The molecule has 0 aromatic heterocycles. The Bertz CT molecular complexity index is 591. The van der Waals surface area contributed by atoms with Crippen molar-refractivity contribution in [2.45, 2.75) is 32.2 Å². The number of hydrogen-bond acceptors (Lipinski definition) is 3. The van der Waals surface area contributed by atoms with Crippen LogP contribution in [0.2, 0.25) is 0 Å². The van der Waals surface area contributed by atoms with Crippen LogP contribution in [0.4, 0.5) is 0 Å². The van der Waals surface area contributed by atoms with Gasteiger partial charge in [0.15, 0.2) is 0 Å². The average molecular weight is 383 g/mol. The van der Waals surface area contributed by atoms with Crippen molar-refractivity contribution in [3.05, 3.63) is 33.8 Å². The largest absolute Gasteiger partial charge is 0.480 e. The van der Waals surface area contributed by atoms with E-state index in [0.717, 1.165) is 41.4 Å². The lowest BCUT2D eigenvalue weighted by Gasteiger charge is -2.26. The number of halogens is 1. The molecular formula is C17H23BrN2O3. The van der Waals surface area contributed by atoms with Gasteiger partial charge in [-0.1, -0.05) is 22.0 Å². The normalized spacial score (nSPS) is 18.8. The Morgan fingerprint density at radius 2 is 2.09 bits per heavy atom. The van der Waals surface area contributed by atoms with E-state index in [-0.39, 0.29) is 18.5 Å². The van der Waals surface area contributed by atoms with Crippen molar-refractivity contribution in [1.82, 2.24) is 9.80 Å². The second-order valence-corrected chi connectivity index (χ2v) is 6.95. The Morgan fingerprint density at radius 1 is 1.35 bits per heavy atom. The van der Waals surface area contributed by atoms with Crippen molar-refractivity contribution in [3.63, 3.8) is 0 Å². The third kappa shape index (κ3) is 4.54. The Kier molecular flexibility index (Phi) is 6.18. The van der Waals surface area contributed by atoms with Crippen LogP contribution in [0.5, 0.6) is 0 Å². The van der Waals surface area contributed by atoms with Crippen LogP contribution in [0, 0.1) is 6.92 Å². The highest BCUT2D eigenvalue weighted by Gasteiger charge is 2.25. The smallest absolute Gasteiger partial charge is 0.317 e. The minimum absolute atomic E-state index is 0.0450. The molecule has 0 spiro atoms. The summed E-state index contributed by atoms with van der Waals surface area (Å²) in [6.45, 7) is 3.38. The molecule has 0 aliphatic carbocycles. The highest BCUT2D eigenvalue weighted by Crippen LogP contribution is 2.23. The molecule has 23 heavy (non-hydrogen) atoms. The number of likely N-dealkylation sites (N-methyl/N-ethyl adjacent to an activating group) is 1. The van der Waals surface area contributed by atoms with Gasteiger partial charge in [-0.2, -0.15) is 0 Å². The SMILES string of the molecule is Cc1c(Br)cccc1C(=O)N1CCCC(N(C)CC(=O)O)CC1. The van der Waals surface area contributed by atoms with E-state index in [4.69, 9.17) is 5.11 Å². The van der Waals surface area contributed by atoms with Crippen LogP contribution in [0.15, 0.2) is 22.7 Å². The van der Waals surface area contributed by atoms with Gasteiger partial charge < -0.3 is 10.0 Å². The number of carbonyl (C=O) groups excluding carboxylic acids is 1. The predicted molar refractivity (Wildman–Crippen MR) is 92.7 cm³/mol. The van der Waals surface area contributed by atoms with Crippen molar-refractivity contribution < 1.29 is 14.7 Å². The standard InChI is InChI=1S/C17H23BrN2O3/c1-12-14(6-3-7-15(12)18)17(23)20-9-4-5-13(8-10-20)19(2)11-16(21)22/h3,6-7,13H,4-5,8-11H2,1-2H3,(H,21,22). The molecule has 126 valence electrons. The van der Waals surface area contributed by atoms with E-state index in [1.165, 1.54) is 0 Å². The Balaban J connectivity index is 2.04. The lowest BCUT2D eigenvalue weighted by Crippen LogP contribution is -2.37. The molecule has 0 radical (unpaired) electrons. The first-order valence-electron chi connectivity index (χ1n) is 7.86. The fourth-order valence-corrected chi connectivity index (χ4v) is 3.44. The summed E-state index contributed by atoms with van der Waals surface area (Å²) in [4.78, 5) is 27.4. The fraction of sp³-hybridized carbons (Fsp3) is 0.529. The summed E-state index contributed by atoms with van der Waals surface area (Å²) in [6.07, 6.45) is 2.63. The van der Waals surface area contributed by atoms with Gasteiger partial charge in [-0.25, -0.2) is 0 Å². The van der Waals surface area contributed by atoms with E-state index in [1.54, 1.807) is 0 Å². The molecule has 1 fully saturated rings. The molecule has 1 aromatic rings. The molecule has 2 rings (SSSR count). The average Bonchev–Trinajstić information content (AvgIpc) is 2.74. The minimum Gasteiger partial charge on any atom is -0.480 e. The molecular weight excluding hydrogens is 360 g/mol. The number of carbonyl (C=O) groups is 2. The summed E-state index contributed by atoms with van der Waals surface area (Å²) >= 11 is 3.47. The topological polar surface area (TPSA) is 60.9 Å². The number of aliphatic carboxylic acids is 1. The monoisotopic (exact) mass is 382 g/mol. The predicted octanol–water partition coefficient (Wildman–Crippen LogP) is 2.77. The first-order valence-corrected chi connectivity index (χ1v) is 8.66. The third-order valence-electron chi connectivity index (χ3n) is 4.49. The Labute approximate surface area is 145 Å². The summed E-state index contributed by atoms with van der Waals surface area (Å²) in [5, 5.41) is 8.92. The minimum atomic E-state index is -0.811. The lowest BCUT2D eigenvalue weighted by molar-refractivity contribution is -0.138. The summed E-state index contributed by atoms with van der Waals surface area (Å²) in [6, 6.07) is 5.89. The molecule has 6 heteroatoms. The molecule has 0 saturated carbocycles. The highest BCUT2D eigenvalue weighted by atomic mass is 79.9. The second kappa shape index (κ2) is 7.93. The molecule has 1 saturated heterocycles. The van der Waals surface area contributed by atoms with Crippen LogP contribution in [0.25, 0.3) is 0 Å². The van der Waals surface area contributed by atoms with Crippen LogP contribution in [0.3, 0.4) is 0 Å². The highest BCUT2D eigenvalue weighted by molar-refractivity contribution is 9.10. The second-order valence-electron chi connectivity index (χ2n) is 6.10. The van der Waals surface area contributed by atoms with E-state index in [1.807, 2.05) is 42.0 Å². The van der Waals surface area contributed by atoms with Crippen LogP contribution in [-0.2, 0) is 4.79 Å². The number of carboxylic acids is 1. The molecule has 1 unspecified atom stereocenters. The van der Waals surface area contributed by atoms with Gasteiger partial charge in [0.1, 0.15) is 0 Å². The molecule has 1 atom stereocenters. The van der Waals surface area contributed by atoms with Crippen LogP contribution >= 0.6 is 15.9 Å². The van der Waals surface area contributed by atoms with E-state index in [2.05, 4.69) is 15.9 Å². The van der Waals surface area contributed by atoms with Gasteiger partial charge in [-0.3, -0.25) is 14.5 Å². The van der Waals surface area contributed by atoms with Gasteiger partial charge >= 0.3 is 5.97 Å². The number of carboxylic acid groups (broad SMARTS) is 1. The summed E-state index contributed by atoms with van der Waals surface area (Å²) in [7, 11) is 1.84. The van der Waals surface area contributed by atoms with Crippen LogP contribution in [-0.4, -0.2) is 59.5 Å². The Morgan fingerprint density at radius 3 is 2.78 bits per heavy atom. The van der Waals surface area contributed by atoms with Gasteiger partial charge in [0.2, 0.25) is 0 Å². The number of hydrogen-bond donors (Lipinski definition) is 1. The van der Waals surface area contributed by atoms with E-state index in [0.29, 0.717) is 6.54 Å². The van der Waals surface area contributed by atoms with E-state index in [9.17, 15) is 9.59 Å². The Hall–Kier alpha value is -1.40. The zero-order valence-corrected chi connectivity index (χ0v) is 15.2. The molecule has 1 N–H and O–H groups in total. The maximum atomic E-state index is 12.8. The zero-order valence-electron chi connectivity index (χ0n) is 13.6. The first kappa shape index (κ1) is 17.9. The number of amides is 1. The maximum absolute atomic E-state index is 12.8. The maximum Gasteiger partial charge on any atom is 0.317 e. The molecule has 1 aromatic carbocycles. The van der Waals surface area contributed by atoms with Crippen molar-refractivity contribution in [2.24, 2.45) is 0 Å². The van der Waals surface area contributed by atoms with Gasteiger partial charge in [-0.05, 0) is 50.9 Å². The van der Waals surface area contributed by atoms with Crippen LogP contribution < -0.4 is 0 Å². The van der Waals surface area contributed by atoms with E-state index >= 15 is 0 Å². The van der Waals surface area contributed by atoms with Crippen molar-refractivity contribution in [2.75, 3.05) is 26.7 Å². The number of rotatable bonds is 4. The lowest BCUT2D eigenvalue weighted by atomic mass is 10.1. The number of nitrogens with zero attached hydrogens (tertiary/aromatic N) is 2. The third-order valence-corrected chi connectivity index (χ3v) is 5.35. The first-order chi connectivity index (χ1) is 10.9. The van der Waals surface area contributed by atoms with Gasteiger partial charge in [0, 0.05) is 29.2 Å². The zero-order chi connectivity index (χ0) is 17.0. The van der Waals surface area contributed by atoms with E-state index < -0.39 is 5.97 Å². The van der Waals surface area contributed by atoms with Crippen molar-refractivity contribution >= 4 is 27.8 Å². The van der Waals surface area contributed by atoms with Crippen molar-refractivity contribution in [3.8, 4) is 0 Å². The quantitative estimate of drug-likeness (QED) is 0.869. The summed E-state index contributed by atoms with van der Waals surface area (Å²) in [5.41, 5.74) is 1.69. The molecule has 1 aliphatic rings. The van der Waals surface area contributed by atoms with Gasteiger partial charge in [0.05, 0.1) is 6.54 Å². The molecule has 5 nitrogen and oxygen atoms in total. The fourth-order valence-electron chi connectivity index (χ4n) is 3.07. The van der Waals surface area contributed by atoms with Crippen molar-refractivity contribution in [1.29, 1.82) is 0 Å². The molecule has 1 heterocycles. The molecule has 1 amide bonds.